The van der Waals surface area contributed by atoms with Gasteiger partial charge in [0.15, 0.2) is 0 Å². The van der Waals surface area contributed by atoms with Crippen molar-refractivity contribution in [1.29, 1.82) is 0 Å². The molecule has 0 saturated carbocycles. The van der Waals surface area contributed by atoms with E-state index in [0.717, 1.165) is 11.1 Å². The Hall–Kier alpha value is -1.57. The molecule has 0 aromatic heterocycles. The Bertz CT molecular complexity index is 488. The van der Waals surface area contributed by atoms with Crippen LogP contribution in [0.15, 0.2) is 60.7 Å². The lowest BCUT2D eigenvalue weighted by Gasteiger charge is -2.05. The van der Waals surface area contributed by atoms with Gasteiger partial charge in [-0.05, 0) is 23.3 Å². The zero-order valence-corrected chi connectivity index (χ0v) is 10.0. The third-order valence-corrected chi connectivity index (χ3v) is 2.73. The number of aliphatic hydroxyl groups is 1. The number of aliphatic hydroxyl groups excluding tert-OH is 1. The van der Waals surface area contributed by atoms with Crippen LogP contribution in [-0.2, 0) is 0 Å². The van der Waals surface area contributed by atoms with Gasteiger partial charge in [0.1, 0.15) is 0 Å². The number of hydrogen-bond donors (Lipinski definition) is 1. The van der Waals surface area contributed by atoms with E-state index in [1.807, 2.05) is 48.5 Å². The fraction of sp³-hybridized carbons (Fsp3) is 0.0667. The van der Waals surface area contributed by atoms with Crippen LogP contribution in [0.3, 0.4) is 0 Å². The van der Waals surface area contributed by atoms with E-state index >= 15 is 0 Å². The predicted octanol–water partition coefficient (Wildman–Crippen LogP) is 4.09. The van der Waals surface area contributed by atoms with Crippen LogP contribution in [0.4, 0.5) is 0 Å². The lowest BCUT2D eigenvalue weighted by Crippen LogP contribution is -1.91. The second-order valence-electron chi connectivity index (χ2n) is 3.77. The smallest absolute Gasteiger partial charge is 0.0975 e. The Morgan fingerprint density at radius 2 is 1.59 bits per heavy atom. The van der Waals surface area contributed by atoms with Gasteiger partial charge >= 0.3 is 0 Å². The highest BCUT2D eigenvalue weighted by molar-refractivity contribution is 6.30. The lowest BCUT2D eigenvalue weighted by atomic mass is 10.1. The zero-order chi connectivity index (χ0) is 12.1. The number of halogens is 1. The van der Waals surface area contributed by atoms with Crippen LogP contribution >= 0.6 is 11.6 Å². The molecule has 1 N–H and O–H groups in total. The molecule has 0 unspecified atom stereocenters. The van der Waals surface area contributed by atoms with Gasteiger partial charge < -0.3 is 5.11 Å². The van der Waals surface area contributed by atoms with Crippen molar-refractivity contribution in [2.75, 3.05) is 0 Å². The predicted molar refractivity (Wildman–Crippen MR) is 71.9 cm³/mol. The fourth-order valence-electron chi connectivity index (χ4n) is 1.54. The monoisotopic (exact) mass is 244 g/mol. The van der Waals surface area contributed by atoms with Crippen LogP contribution in [-0.4, -0.2) is 5.11 Å². The molecule has 2 heteroatoms. The summed E-state index contributed by atoms with van der Waals surface area (Å²) in [4.78, 5) is 0. The minimum atomic E-state index is -0.604. The van der Waals surface area contributed by atoms with E-state index in [9.17, 15) is 5.11 Å². The van der Waals surface area contributed by atoms with Crippen molar-refractivity contribution < 1.29 is 5.11 Å². The second kappa shape index (κ2) is 5.67. The maximum absolute atomic E-state index is 9.94. The normalized spacial score (nSPS) is 12.8. The minimum absolute atomic E-state index is 0.604. The molecule has 86 valence electrons. The van der Waals surface area contributed by atoms with E-state index in [4.69, 9.17) is 11.6 Å². The third-order valence-electron chi connectivity index (χ3n) is 2.48. The van der Waals surface area contributed by atoms with Crippen LogP contribution in [0.25, 0.3) is 6.08 Å². The summed E-state index contributed by atoms with van der Waals surface area (Å²) in [5.74, 6) is 0. The van der Waals surface area contributed by atoms with Gasteiger partial charge in [-0.2, -0.15) is 0 Å². The van der Waals surface area contributed by atoms with Gasteiger partial charge in [-0.15, -0.1) is 0 Å². The molecule has 0 saturated heterocycles. The first-order valence-corrected chi connectivity index (χ1v) is 5.80. The highest BCUT2D eigenvalue weighted by Gasteiger charge is 2.02. The lowest BCUT2D eigenvalue weighted by molar-refractivity contribution is 0.229. The van der Waals surface area contributed by atoms with Crippen molar-refractivity contribution in [2.24, 2.45) is 0 Å². The van der Waals surface area contributed by atoms with E-state index in [2.05, 4.69) is 0 Å². The molecule has 0 spiro atoms. The molecule has 0 aliphatic rings. The molecule has 0 bridgehead atoms. The summed E-state index contributed by atoms with van der Waals surface area (Å²) in [6.45, 7) is 0. The molecule has 1 atom stereocenters. The zero-order valence-electron chi connectivity index (χ0n) is 9.25. The minimum Gasteiger partial charge on any atom is -0.384 e. The Morgan fingerprint density at radius 3 is 2.24 bits per heavy atom. The third kappa shape index (κ3) is 3.45. The molecular formula is C15H13ClO. The molecule has 0 amide bonds. The van der Waals surface area contributed by atoms with Gasteiger partial charge in [-0.3, -0.25) is 0 Å². The average molecular weight is 245 g/mol. The van der Waals surface area contributed by atoms with Crippen molar-refractivity contribution in [3.63, 3.8) is 0 Å². The SMILES string of the molecule is O[C@H](/C=C/c1ccccc1)c1ccc(Cl)cc1. The van der Waals surface area contributed by atoms with Gasteiger partial charge in [-0.1, -0.05) is 66.2 Å². The van der Waals surface area contributed by atoms with Crippen LogP contribution in [0, 0.1) is 0 Å². The van der Waals surface area contributed by atoms with Gasteiger partial charge in [0, 0.05) is 5.02 Å². The molecule has 2 aromatic carbocycles. The van der Waals surface area contributed by atoms with Crippen molar-refractivity contribution >= 4 is 17.7 Å². The molecule has 0 aliphatic carbocycles. The van der Waals surface area contributed by atoms with Crippen molar-refractivity contribution in [3.05, 3.63) is 76.8 Å². The topological polar surface area (TPSA) is 20.2 Å². The van der Waals surface area contributed by atoms with Crippen molar-refractivity contribution in [2.45, 2.75) is 6.10 Å². The summed E-state index contributed by atoms with van der Waals surface area (Å²) < 4.78 is 0. The van der Waals surface area contributed by atoms with Gasteiger partial charge in [0.05, 0.1) is 6.10 Å². The maximum Gasteiger partial charge on any atom is 0.0975 e. The Labute approximate surface area is 106 Å². The largest absolute Gasteiger partial charge is 0.384 e. The highest BCUT2D eigenvalue weighted by atomic mass is 35.5. The number of benzene rings is 2. The summed E-state index contributed by atoms with van der Waals surface area (Å²) >= 11 is 5.79. The Kier molecular flexibility index (Phi) is 3.97. The van der Waals surface area contributed by atoms with E-state index in [0.29, 0.717) is 5.02 Å². The number of rotatable bonds is 3. The van der Waals surface area contributed by atoms with Gasteiger partial charge in [0.2, 0.25) is 0 Å². The number of hydrogen-bond acceptors (Lipinski definition) is 1. The first-order chi connectivity index (χ1) is 8.25. The first kappa shape index (κ1) is 11.9. The molecule has 17 heavy (non-hydrogen) atoms. The van der Waals surface area contributed by atoms with Crippen LogP contribution in [0.2, 0.25) is 5.02 Å². The second-order valence-corrected chi connectivity index (χ2v) is 4.20. The summed E-state index contributed by atoms with van der Waals surface area (Å²) in [7, 11) is 0. The summed E-state index contributed by atoms with van der Waals surface area (Å²) in [6, 6.07) is 17.1. The van der Waals surface area contributed by atoms with Crippen LogP contribution in [0.5, 0.6) is 0 Å². The summed E-state index contributed by atoms with van der Waals surface area (Å²) in [6.07, 6.45) is 3.06. The molecule has 0 radical (unpaired) electrons. The van der Waals surface area contributed by atoms with E-state index in [1.54, 1.807) is 18.2 Å². The molecule has 2 rings (SSSR count). The Balaban J connectivity index is 2.09. The first-order valence-electron chi connectivity index (χ1n) is 5.42. The molecule has 0 fully saturated rings. The molecular weight excluding hydrogens is 232 g/mol. The van der Waals surface area contributed by atoms with Gasteiger partial charge in [-0.25, -0.2) is 0 Å². The van der Waals surface area contributed by atoms with Crippen LogP contribution < -0.4 is 0 Å². The maximum atomic E-state index is 9.94. The standard InChI is InChI=1S/C15H13ClO/c16-14-9-7-13(8-10-14)15(17)11-6-12-4-2-1-3-5-12/h1-11,15,17H/b11-6+/t15-/m1/s1. The van der Waals surface area contributed by atoms with Crippen molar-refractivity contribution in [3.8, 4) is 0 Å². The van der Waals surface area contributed by atoms with Crippen LogP contribution in [0.1, 0.15) is 17.2 Å². The van der Waals surface area contributed by atoms with E-state index in [1.165, 1.54) is 0 Å². The average Bonchev–Trinajstić information content (AvgIpc) is 2.38. The molecule has 1 nitrogen and oxygen atoms in total. The molecule has 0 aliphatic heterocycles. The summed E-state index contributed by atoms with van der Waals surface area (Å²) in [5.41, 5.74) is 1.90. The van der Waals surface area contributed by atoms with Gasteiger partial charge in [0.25, 0.3) is 0 Å². The highest BCUT2D eigenvalue weighted by Crippen LogP contribution is 2.18. The Morgan fingerprint density at radius 1 is 0.941 bits per heavy atom. The summed E-state index contributed by atoms with van der Waals surface area (Å²) in [5, 5.41) is 10.6. The van der Waals surface area contributed by atoms with Crippen molar-refractivity contribution in [1.82, 2.24) is 0 Å². The quantitative estimate of drug-likeness (QED) is 0.862. The fourth-order valence-corrected chi connectivity index (χ4v) is 1.66. The molecule has 0 heterocycles. The molecule has 2 aromatic rings. The van der Waals surface area contributed by atoms with E-state index < -0.39 is 6.10 Å². The van der Waals surface area contributed by atoms with E-state index in [-0.39, 0.29) is 0 Å².